The highest BCUT2D eigenvalue weighted by atomic mass is 16.5. The standard InChI is InChI=1S/C18H16N2O4/c1-13(21)23-17-7-3-15(4-8-17)11-19-20-12-16-5-9-18(10-6-16)24-14(2)22/h3-12H,1-2H3/b19-11+,20-12+. The van der Waals surface area contributed by atoms with E-state index in [1.165, 1.54) is 13.8 Å². The van der Waals surface area contributed by atoms with Crippen LogP contribution in [0.4, 0.5) is 0 Å². The largest absolute Gasteiger partial charge is 0.427 e. The molecule has 0 heterocycles. The highest BCUT2D eigenvalue weighted by molar-refractivity contribution is 5.83. The fraction of sp³-hybridized carbons (Fsp3) is 0.111. The third kappa shape index (κ3) is 5.84. The molecule has 0 unspecified atom stereocenters. The summed E-state index contributed by atoms with van der Waals surface area (Å²) in [6.07, 6.45) is 3.17. The summed E-state index contributed by atoms with van der Waals surface area (Å²) in [6.45, 7) is 2.70. The zero-order valence-electron chi connectivity index (χ0n) is 13.3. The third-order valence-electron chi connectivity index (χ3n) is 2.76. The molecule has 0 atom stereocenters. The molecule has 0 N–H and O–H groups in total. The zero-order chi connectivity index (χ0) is 17.4. The molecular weight excluding hydrogens is 308 g/mol. The first-order valence-electron chi connectivity index (χ1n) is 7.16. The summed E-state index contributed by atoms with van der Waals surface area (Å²) >= 11 is 0. The van der Waals surface area contributed by atoms with Crippen LogP contribution in [0.25, 0.3) is 0 Å². The fourth-order valence-electron chi connectivity index (χ4n) is 1.78. The van der Waals surface area contributed by atoms with Gasteiger partial charge in [-0.05, 0) is 59.7 Å². The summed E-state index contributed by atoms with van der Waals surface area (Å²) in [7, 11) is 0. The van der Waals surface area contributed by atoms with Crippen molar-refractivity contribution >= 4 is 24.4 Å². The number of carbonyl (C=O) groups excluding carboxylic acids is 2. The molecule has 0 bridgehead atoms. The zero-order valence-corrected chi connectivity index (χ0v) is 13.3. The van der Waals surface area contributed by atoms with Gasteiger partial charge in [-0.3, -0.25) is 9.59 Å². The van der Waals surface area contributed by atoms with Crippen molar-refractivity contribution in [3.05, 3.63) is 59.7 Å². The van der Waals surface area contributed by atoms with Gasteiger partial charge in [-0.1, -0.05) is 0 Å². The Balaban J connectivity index is 1.91. The first-order valence-corrected chi connectivity index (χ1v) is 7.16. The van der Waals surface area contributed by atoms with Gasteiger partial charge in [0.2, 0.25) is 0 Å². The van der Waals surface area contributed by atoms with Crippen molar-refractivity contribution in [2.45, 2.75) is 13.8 Å². The van der Waals surface area contributed by atoms with Gasteiger partial charge in [0, 0.05) is 13.8 Å². The number of ether oxygens (including phenoxy) is 2. The minimum atomic E-state index is -0.360. The summed E-state index contributed by atoms with van der Waals surface area (Å²) in [5, 5.41) is 7.90. The van der Waals surface area contributed by atoms with Crippen LogP contribution in [-0.2, 0) is 9.59 Å². The van der Waals surface area contributed by atoms with E-state index < -0.39 is 0 Å². The molecule has 0 saturated carbocycles. The van der Waals surface area contributed by atoms with Gasteiger partial charge in [-0.15, -0.1) is 0 Å². The minimum absolute atomic E-state index is 0.360. The molecular formula is C18H16N2O4. The molecule has 0 radical (unpaired) electrons. The molecule has 2 rings (SSSR count). The molecule has 2 aromatic rings. The number of carbonyl (C=O) groups is 2. The van der Waals surface area contributed by atoms with Crippen molar-refractivity contribution in [3.8, 4) is 11.5 Å². The van der Waals surface area contributed by atoms with Crippen LogP contribution < -0.4 is 9.47 Å². The van der Waals surface area contributed by atoms with Gasteiger partial charge in [-0.2, -0.15) is 10.2 Å². The van der Waals surface area contributed by atoms with Crippen LogP contribution >= 0.6 is 0 Å². The van der Waals surface area contributed by atoms with E-state index in [0.29, 0.717) is 11.5 Å². The lowest BCUT2D eigenvalue weighted by Crippen LogP contribution is -2.01. The Morgan fingerprint density at radius 2 is 1.04 bits per heavy atom. The molecule has 0 aliphatic rings. The number of rotatable bonds is 5. The molecule has 122 valence electrons. The van der Waals surface area contributed by atoms with Crippen LogP contribution in [0.1, 0.15) is 25.0 Å². The molecule has 0 saturated heterocycles. The van der Waals surface area contributed by atoms with Crippen LogP contribution in [0.5, 0.6) is 11.5 Å². The Morgan fingerprint density at radius 1 is 0.708 bits per heavy atom. The predicted octanol–water partition coefficient (Wildman–Crippen LogP) is 2.99. The average Bonchev–Trinajstić information content (AvgIpc) is 2.53. The van der Waals surface area contributed by atoms with E-state index in [4.69, 9.17) is 9.47 Å². The number of hydrogen-bond acceptors (Lipinski definition) is 6. The molecule has 0 aromatic heterocycles. The lowest BCUT2D eigenvalue weighted by molar-refractivity contribution is -0.132. The number of esters is 2. The van der Waals surface area contributed by atoms with Gasteiger partial charge in [0.05, 0.1) is 12.4 Å². The average molecular weight is 324 g/mol. The number of benzene rings is 2. The van der Waals surface area contributed by atoms with Gasteiger partial charge >= 0.3 is 11.9 Å². The van der Waals surface area contributed by atoms with E-state index >= 15 is 0 Å². The summed E-state index contributed by atoms with van der Waals surface area (Å²) in [5.74, 6) is 0.244. The van der Waals surface area contributed by atoms with Crippen molar-refractivity contribution < 1.29 is 19.1 Å². The number of nitrogens with zero attached hydrogens (tertiary/aromatic N) is 2. The monoisotopic (exact) mass is 324 g/mol. The third-order valence-corrected chi connectivity index (χ3v) is 2.76. The van der Waals surface area contributed by atoms with Crippen LogP contribution in [-0.4, -0.2) is 24.4 Å². The highest BCUT2D eigenvalue weighted by Crippen LogP contribution is 2.12. The van der Waals surface area contributed by atoms with E-state index in [-0.39, 0.29) is 11.9 Å². The lowest BCUT2D eigenvalue weighted by Gasteiger charge is -2.00. The van der Waals surface area contributed by atoms with Crippen LogP contribution in [0.3, 0.4) is 0 Å². The van der Waals surface area contributed by atoms with Crippen molar-refractivity contribution in [3.63, 3.8) is 0 Å². The normalized spacial score (nSPS) is 10.9. The van der Waals surface area contributed by atoms with Gasteiger partial charge < -0.3 is 9.47 Å². The maximum absolute atomic E-state index is 10.8. The van der Waals surface area contributed by atoms with Gasteiger partial charge in [0.1, 0.15) is 11.5 Å². The second-order valence-electron chi connectivity index (χ2n) is 4.81. The molecule has 0 amide bonds. The Labute approximate surface area is 139 Å². The summed E-state index contributed by atoms with van der Waals surface area (Å²) in [5.41, 5.74) is 1.65. The topological polar surface area (TPSA) is 77.3 Å². The van der Waals surface area contributed by atoms with Crippen molar-refractivity contribution in [2.24, 2.45) is 10.2 Å². The molecule has 2 aromatic carbocycles. The maximum atomic E-state index is 10.8. The Kier molecular flexibility index (Phi) is 5.96. The molecule has 0 fully saturated rings. The van der Waals surface area contributed by atoms with Crippen molar-refractivity contribution in [2.75, 3.05) is 0 Å². The fourth-order valence-corrected chi connectivity index (χ4v) is 1.78. The van der Waals surface area contributed by atoms with Gasteiger partial charge in [-0.25, -0.2) is 0 Å². The molecule has 0 aliphatic carbocycles. The van der Waals surface area contributed by atoms with Crippen molar-refractivity contribution in [1.82, 2.24) is 0 Å². The van der Waals surface area contributed by atoms with Crippen LogP contribution in [0.15, 0.2) is 58.7 Å². The smallest absolute Gasteiger partial charge is 0.308 e. The van der Waals surface area contributed by atoms with E-state index in [0.717, 1.165) is 11.1 Å². The van der Waals surface area contributed by atoms with Crippen LogP contribution in [0, 0.1) is 0 Å². The van der Waals surface area contributed by atoms with E-state index in [2.05, 4.69) is 10.2 Å². The first-order chi connectivity index (χ1) is 11.5. The Morgan fingerprint density at radius 3 is 1.33 bits per heavy atom. The van der Waals surface area contributed by atoms with Gasteiger partial charge in [0.25, 0.3) is 0 Å². The van der Waals surface area contributed by atoms with Gasteiger partial charge in [0.15, 0.2) is 0 Å². The molecule has 0 spiro atoms. The van der Waals surface area contributed by atoms with Crippen molar-refractivity contribution in [1.29, 1.82) is 0 Å². The second kappa shape index (κ2) is 8.38. The van der Waals surface area contributed by atoms with Crippen LogP contribution in [0.2, 0.25) is 0 Å². The van der Waals surface area contributed by atoms with E-state index in [9.17, 15) is 9.59 Å². The first kappa shape index (κ1) is 17.1. The minimum Gasteiger partial charge on any atom is -0.427 e. The van der Waals surface area contributed by atoms with E-state index in [1.807, 2.05) is 0 Å². The maximum Gasteiger partial charge on any atom is 0.308 e. The highest BCUT2D eigenvalue weighted by Gasteiger charge is 1.97. The molecule has 24 heavy (non-hydrogen) atoms. The van der Waals surface area contributed by atoms with E-state index in [1.54, 1.807) is 61.0 Å². The SMILES string of the molecule is CC(=O)Oc1ccc(/C=N/N=C/c2ccc(OC(C)=O)cc2)cc1. The molecule has 6 nitrogen and oxygen atoms in total. The summed E-state index contributed by atoms with van der Waals surface area (Å²) in [4.78, 5) is 21.7. The number of hydrogen-bond donors (Lipinski definition) is 0. The second-order valence-corrected chi connectivity index (χ2v) is 4.81. The lowest BCUT2D eigenvalue weighted by atomic mass is 10.2. The molecule has 0 aliphatic heterocycles. The predicted molar refractivity (Wildman–Crippen MR) is 90.7 cm³/mol. The summed E-state index contributed by atoms with van der Waals surface area (Å²) in [6, 6.07) is 13.8. The quantitative estimate of drug-likeness (QED) is 0.367. The molecule has 6 heteroatoms. The Hall–Kier alpha value is -3.28. The Bertz CT molecular complexity index is 695. The summed E-state index contributed by atoms with van der Waals surface area (Å²) < 4.78 is 9.88.